The van der Waals surface area contributed by atoms with Crippen molar-refractivity contribution in [2.45, 2.75) is 37.7 Å². The normalized spacial score (nSPS) is 15.2. The summed E-state index contributed by atoms with van der Waals surface area (Å²) in [6, 6.07) is 5.98. The van der Waals surface area contributed by atoms with Gasteiger partial charge in [0.1, 0.15) is 10.6 Å². The molecule has 0 spiro atoms. The van der Waals surface area contributed by atoms with Gasteiger partial charge >= 0.3 is 0 Å². The van der Waals surface area contributed by atoms with E-state index in [1.54, 1.807) is 23.4 Å². The third kappa shape index (κ3) is 4.66. The third-order valence-electron chi connectivity index (χ3n) is 5.50. The highest BCUT2D eigenvalue weighted by Gasteiger charge is 2.34. The van der Waals surface area contributed by atoms with E-state index in [4.69, 9.17) is 4.52 Å². The van der Waals surface area contributed by atoms with E-state index in [-0.39, 0.29) is 35.4 Å². The molecule has 4 rings (SSSR count). The molecule has 13 heteroatoms. The van der Waals surface area contributed by atoms with Gasteiger partial charge in [0.25, 0.3) is 0 Å². The molecule has 1 aromatic carbocycles. The molecule has 1 amide bonds. The van der Waals surface area contributed by atoms with Gasteiger partial charge in [0, 0.05) is 26.2 Å². The van der Waals surface area contributed by atoms with Crippen molar-refractivity contribution in [1.29, 1.82) is 0 Å². The van der Waals surface area contributed by atoms with Crippen molar-refractivity contribution in [2.75, 3.05) is 31.9 Å². The quantitative estimate of drug-likeness (QED) is 0.471. The zero-order valence-electron chi connectivity index (χ0n) is 18.8. The molecule has 1 aliphatic rings. The average Bonchev–Trinajstić information content (AvgIpc) is 3.38. The number of piperazine rings is 1. The lowest BCUT2D eigenvalue weighted by Gasteiger charge is -2.33. The van der Waals surface area contributed by atoms with Crippen LogP contribution < -0.4 is 0 Å². The van der Waals surface area contributed by atoms with E-state index in [2.05, 4.69) is 20.7 Å². The Morgan fingerprint density at radius 3 is 2.48 bits per heavy atom. The number of carbonyl (C=O) groups is 1. The zero-order valence-corrected chi connectivity index (χ0v) is 20.5. The number of sulfonamides is 1. The molecular formula is C20H25N7O4S2. The fourth-order valence-electron chi connectivity index (χ4n) is 3.83. The molecule has 2 aromatic heterocycles. The lowest BCUT2D eigenvalue weighted by Crippen LogP contribution is -2.51. The highest BCUT2D eigenvalue weighted by molar-refractivity contribution is 7.99. The molecule has 3 aromatic rings. The van der Waals surface area contributed by atoms with Gasteiger partial charge in [-0.1, -0.05) is 34.6 Å². The van der Waals surface area contributed by atoms with Crippen molar-refractivity contribution in [3.05, 3.63) is 40.8 Å². The SMILES string of the molecule is Cc1ccc(-n2nnnc2SCC(=O)N2CCN(S(=O)(=O)c3c(C)noc3C)CC2)c(C)c1. The molecule has 0 atom stereocenters. The Bertz CT molecular complexity index is 1260. The molecule has 33 heavy (non-hydrogen) atoms. The van der Waals surface area contributed by atoms with Gasteiger partial charge in [-0.25, -0.2) is 8.42 Å². The number of thioether (sulfide) groups is 1. The minimum atomic E-state index is -3.72. The number of carbonyl (C=O) groups excluding carboxylic acids is 1. The summed E-state index contributed by atoms with van der Waals surface area (Å²) in [5.41, 5.74) is 3.37. The van der Waals surface area contributed by atoms with Crippen molar-refractivity contribution in [2.24, 2.45) is 0 Å². The van der Waals surface area contributed by atoms with Gasteiger partial charge in [-0.2, -0.15) is 8.99 Å². The van der Waals surface area contributed by atoms with Crippen LogP contribution in [0.1, 0.15) is 22.6 Å². The highest BCUT2D eigenvalue weighted by Crippen LogP contribution is 2.25. The van der Waals surface area contributed by atoms with E-state index in [1.807, 2.05) is 32.0 Å². The van der Waals surface area contributed by atoms with Gasteiger partial charge in [0.05, 0.1) is 11.4 Å². The average molecular weight is 492 g/mol. The first-order chi connectivity index (χ1) is 15.7. The molecule has 0 aliphatic carbocycles. The molecule has 0 N–H and O–H groups in total. The van der Waals surface area contributed by atoms with Crippen LogP contribution in [0, 0.1) is 27.7 Å². The third-order valence-corrected chi connectivity index (χ3v) is 8.55. The molecule has 0 unspecified atom stereocenters. The maximum Gasteiger partial charge on any atom is 0.248 e. The van der Waals surface area contributed by atoms with E-state index in [1.165, 1.54) is 16.1 Å². The Morgan fingerprint density at radius 1 is 1.12 bits per heavy atom. The number of aromatic nitrogens is 5. The molecule has 11 nitrogen and oxygen atoms in total. The Morgan fingerprint density at radius 2 is 1.85 bits per heavy atom. The van der Waals surface area contributed by atoms with E-state index in [0.717, 1.165) is 16.8 Å². The molecule has 176 valence electrons. The van der Waals surface area contributed by atoms with Crippen LogP contribution in [0.3, 0.4) is 0 Å². The number of rotatable bonds is 6. The number of nitrogens with zero attached hydrogens (tertiary/aromatic N) is 7. The second-order valence-electron chi connectivity index (χ2n) is 7.89. The number of amides is 1. The minimum absolute atomic E-state index is 0.0930. The molecule has 1 aliphatic heterocycles. The first-order valence-corrected chi connectivity index (χ1v) is 12.8. The number of benzene rings is 1. The van der Waals surface area contributed by atoms with Crippen LogP contribution in [0.4, 0.5) is 0 Å². The molecule has 0 radical (unpaired) electrons. The Kier molecular flexibility index (Phi) is 6.54. The summed E-state index contributed by atoms with van der Waals surface area (Å²) in [6.07, 6.45) is 0. The summed E-state index contributed by atoms with van der Waals surface area (Å²) in [5, 5.41) is 16.1. The predicted octanol–water partition coefficient (Wildman–Crippen LogP) is 1.51. The van der Waals surface area contributed by atoms with Gasteiger partial charge in [-0.05, 0) is 49.8 Å². The number of aryl methyl sites for hydroxylation is 4. The van der Waals surface area contributed by atoms with Crippen molar-refractivity contribution < 1.29 is 17.7 Å². The lowest BCUT2D eigenvalue weighted by molar-refractivity contribution is -0.129. The number of tetrazole rings is 1. The topological polar surface area (TPSA) is 127 Å². The van der Waals surface area contributed by atoms with Crippen LogP contribution in [-0.2, 0) is 14.8 Å². The van der Waals surface area contributed by atoms with Crippen LogP contribution in [0.2, 0.25) is 0 Å². The molecule has 1 saturated heterocycles. The number of hydrogen-bond acceptors (Lipinski definition) is 9. The van der Waals surface area contributed by atoms with Crippen LogP contribution >= 0.6 is 11.8 Å². The van der Waals surface area contributed by atoms with E-state index >= 15 is 0 Å². The first-order valence-electron chi connectivity index (χ1n) is 10.4. The summed E-state index contributed by atoms with van der Waals surface area (Å²) in [6.45, 7) is 8.23. The fourth-order valence-corrected chi connectivity index (χ4v) is 6.33. The van der Waals surface area contributed by atoms with Gasteiger partial charge in [-0.3, -0.25) is 4.79 Å². The molecule has 1 fully saturated rings. The second-order valence-corrected chi connectivity index (χ2v) is 10.7. The van der Waals surface area contributed by atoms with Crippen LogP contribution in [-0.4, -0.2) is 80.8 Å². The van der Waals surface area contributed by atoms with Gasteiger partial charge < -0.3 is 9.42 Å². The monoisotopic (exact) mass is 491 g/mol. The van der Waals surface area contributed by atoms with Crippen molar-refractivity contribution in [3.63, 3.8) is 0 Å². The Labute approximate surface area is 196 Å². The molecular weight excluding hydrogens is 466 g/mol. The van der Waals surface area contributed by atoms with Crippen molar-refractivity contribution in [1.82, 2.24) is 34.6 Å². The van der Waals surface area contributed by atoms with Crippen molar-refractivity contribution >= 4 is 27.7 Å². The fraction of sp³-hybridized carbons (Fsp3) is 0.450. The van der Waals surface area contributed by atoms with Crippen molar-refractivity contribution in [3.8, 4) is 5.69 Å². The summed E-state index contributed by atoms with van der Waals surface area (Å²) in [7, 11) is -3.72. The second kappa shape index (κ2) is 9.23. The smallest absolute Gasteiger partial charge is 0.248 e. The molecule has 3 heterocycles. The van der Waals surface area contributed by atoms with Crippen LogP contribution in [0.25, 0.3) is 5.69 Å². The van der Waals surface area contributed by atoms with E-state index in [0.29, 0.717) is 23.9 Å². The van der Waals surface area contributed by atoms with Gasteiger partial charge in [-0.15, -0.1) is 5.10 Å². The van der Waals surface area contributed by atoms with Gasteiger partial charge in [0.2, 0.25) is 21.1 Å². The summed E-state index contributed by atoms with van der Waals surface area (Å²) < 4.78 is 33.9. The summed E-state index contributed by atoms with van der Waals surface area (Å²) in [5.74, 6) is 0.329. The predicted molar refractivity (Wildman–Crippen MR) is 121 cm³/mol. The maximum absolute atomic E-state index is 13.0. The highest BCUT2D eigenvalue weighted by atomic mass is 32.2. The number of hydrogen-bond donors (Lipinski definition) is 0. The summed E-state index contributed by atoms with van der Waals surface area (Å²) >= 11 is 1.25. The summed E-state index contributed by atoms with van der Waals surface area (Å²) in [4.78, 5) is 14.6. The minimum Gasteiger partial charge on any atom is -0.360 e. The Hall–Kier alpha value is -2.77. The zero-order chi connectivity index (χ0) is 23.8. The maximum atomic E-state index is 13.0. The molecule has 0 bridgehead atoms. The standard InChI is InChI=1S/C20H25N7O4S2/c1-13-5-6-17(14(2)11-13)27-20(21-23-24-27)32-12-18(28)25-7-9-26(10-8-25)33(29,30)19-15(3)22-31-16(19)4/h5-6,11H,7-10,12H2,1-4H3. The lowest BCUT2D eigenvalue weighted by atomic mass is 10.1. The Balaban J connectivity index is 1.37. The van der Waals surface area contributed by atoms with Gasteiger partial charge in [0.15, 0.2) is 5.76 Å². The van der Waals surface area contributed by atoms with Crippen LogP contribution in [0.5, 0.6) is 0 Å². The van der Waals surface area contributed by atoms with Crippen LogP contribution in [0.15, 0.2) is 32.8 Å². The molecule has 0 saturated carbocycles. The van der Waals surface area contributed by atoms with E-state index in [9.17, 15) is 13.2 Å². The van der Waals surface area contributed by atoms with E-state index < -0.39 is 10.0 Å². The first kappa shape index (κ1) is 23.4. The largest absolute Gasteiger partial charge is 0.360 e.